The lowest BCUT2D eigenvalue weighted by Gasteiger charge is -2.29. The van der Waals surface area contributed by atoms with E-state index in [2.05, 4.69) is 10.6 Å². The van der Waals surface area contributed by atoms with Crippen LogP contribution in [0.25, 0.3) is 0 Å². The standard InChI is InChI=1S/C22H30N4O7/c1-13(22(32)33)24-20(30)17-8-5-11-26(17)21(31)16(12-14-6-3-2-4-7-14)25-19(29)15(23)9-10-18(27)28/h2-4,6-7,13,15-17H,5,8-12,23H2,1H3,(H,24,30)(H,25,29)(H,27,28)(H,32,33). The Morgan fingerprint density at radius 2 is 1.79 bits per heavy atom. The summed E-state index contributed by atoms with van der Waals surface area (Å²) in [5.74, 6) is -4.00. The summed E-state index contributed by atoms with van der Waals surface area (Å²) in [6, 6.07) is 4.87. The predicted molar refractivity (Wildman–Crippen MR) is 117 cm³/mol. The maximum atomic E-state index is 13.4. The lowest BCUT2D eigenvalue weighted by Crippen LogP contribution is -2.57. The molecule has 11 heteroatoms. The third-order valence-electron chi connectivity index (χ3n) is 5.47. The van der Waals surface area contributed by atoms with Crippen molar-refractivity contribution in [1.29, 1.82) is 0 Å². The van der Waals surface area contributed by atoms with E-state index in [-0.39, 0.29) is 25.8 Å². The molecule has 180 valence electrons. The molecule has 1 aromatic carbocycles. The minimum absolute atomic E-state index is 0.0881. The quantitative estimate of drug-likeness (QED) is 0.291. The number of carbonyl (C=O) groups is 5. The van der Waals surface area contributed by atoms with Gasteiger partial charge >= 0.3 is 11.9 Å². The highest BCUT2D eigenvalue weighted by atomic mass is 16.4. The molecule has 0 saturated carbocycles. The second-order valence-electron chi connectivity index (χ2n) is 8.05. The van der Waals surface area contributed by atoms with Gasteiger partial charge < -0.3 is 31.5 Å². The highest BCUT2D eigenvalue weighted by Gasteiger charge is 2.38. The third-order valence-corrected chi connectivity index (χ3v) is 5.47. The number of carboxylic acid groups (broad SMARTS) is 2. The lowest BCUT2D eigenvalue weighted by atomic mass is 10.0. The molecule has 0 spiro atoms. The minimum Gasteiger partial charge on any atom is -0.481 e. The molecule has 1 heterocycles. The number of amides is 3. The molecule has 1 saturated heterocycles. The van der Waals surface area contributed by atoms with Crippen LogP contribution in [0.15, 0.2) is 30.3 Å². The number of hydrogen-bond donors (Lipinski definition) is 5. The molecule has 0 aromatic heterocycles. The van der Waals surface area contributed by atoms with Crippen molar-refractivity contribution in [1.82, 2.24) is 15.5 Å². The first-order valence-corrected chi connectivity index (χ1v) is 10.8. The summed E-state index contributed by atoms with van der Waals surface area (Å²) in [6.45, 7) is 1.61. The molecule has 0 radical (unpaired) electrons. The number of carbonyl (C=O) groups excluding carboxylic acids is 3. The third kappa shape index (κ3) is 7.56. The van der Waals surface area contributed by atoms with Gasteiger partial charge in [-0.1, -0.05) is 30.3 Å². The highest BCUT2D eigenvalue weighted by Crippen LogP contribution is 2.20. The summed E-state index contributed by atoms with van der Waals surface area (Å²) in [4.78, 5) is 61.7. The summed E-state index contributed by atoms with van der Waals surface area (Å²) in [6.07, 6.45) is 0.689. The van der Waals surface area contributed by atoms with Crippen molar-refractivity contribution < 1.29 is 34.2 Å². The van der Waals surface area contributed by atoms with Crippen molar-refractivity contribution in [3.05, 3.63) is 35.9 Å². The fourth-order valence-corrected chi connectivity index (χ4v) is 3.61. The predicted octanol–water partition coefficient (Wildman–Crippen LogP) is -0.514. The number of benzene rings is 1. The second kappa shape index (κ2) is 12.0. The number of nitrogens with one attached hydrogen (secondary N) is 2. The molecular weight excluding hydrogens is 432 g/mol. The summed E-state index contributed by atoms with van der Waals surface area (Å²) in [7, 11) is 0. The van der Waals surface area contributed by atoms with Crippen molar-refractivity contribution in [2.45, 2.75) is 63.2 Å². The molecule has 4 unspecified atom stereocenters. The van der Waals surface area contributed by atoms with Gasteiger partial charge in [-0.15, -0.1) is 0 Å². The number of aliphatic carboxylic acids is 2. The van der Waals surface area contributed by atoms with Crippen molar-refractivity contribution in [3.8, 4) is 0 Å². The van der Waals surface area contributed by atoms with Crippen LogP contribution in [0.4, 0.5) is 0 Å². The van der Waals surface area contributed by atoms with Gasteiger partial charge in [-0.25, -0.2) is 0 Å². The fraction of sp³-hybridized carbons (Fsp3) is 0.500. The Labute approximate surface area is 191 Å². The topological polar surface area (TPSA) is 179 Å². The number of nitrogens with two attached hydrogens (primary N) is 1. The van der Waals surface area contributed by atoms with Gasteiger partial charge in [0, 0.05) is 19.4 Å². The highest BCUT2D eigenvalue weighted by molar-refractivity contribution is 5.94. The average Bonchev–Trinajstić information content (AvgIpc) is 3.27. The summed E-state index contributed by atoms with van der Waals surface area (Å²) < 4.78 is 0. The van der Waals surface area contributed by atoms with Crippen molar-refractivity contribution in [2.75, 3.05) is 6.54 Å². The van der Waals surface area contributed by atoms with Gasteiger partial charge in [0.05, 0.1) is 6.04 Å². The van der Waals surface area contributed by atoms with Gasteiger partial charge in [-0.3, -0.25) is 24.0 Å². The molecule has 3 amide bonds. The van der Waals surface area contributed by atoms with Crippen molar-refractivity contribution >= 4 is 29.7 Å². The van der Waals surface area contributed by atoms with Gasteiger partial charge in [0.15, 0.2) is 0 Å². The number of hydrogen-bond acceptors (Lipinski definition) is 6. The molecule has 6 N–H and O–H groups in total. The molecule has 1 aromatic rings. The second-order valence-corrected chi connectivity index (χ2v) is 8.05. The van der Waals surface area contributed by atoms with Crippen LogP contribution in [-0.2, 0) is 30.4 Å². The van der Waals surface area contributed by atoms with Crippen molar-refractivity contribution in [3.63, 3.8) is 0 Å². The van der Waals surface area contributed by atoms with Crippen LogP contribution in [0.2, 0.25) is 0 Å². The smallest absolute Gasteiger partial charge is 0.325 e. The Hall–Kier alpha value is -3.47. The van der Waals surface area contributed by atoms with Gasteiger partial charge in [-0.05, 0) is 31.7 Å². The molecule has 1 fully saturated rings. The van der Waals surface area contributed by atoms with Gasteiger partial charge in [-0.2, -0.15) is 0 Å². The number of likely N-dealkylation sites (tertiary alicyclic amines) is 1. The van der Waals surface area contributed by atoms with Crippen LogP contribution in [0.5, 0.6) is 0 Å². The molecule has 1 aliphatic heterocycles. The van der Waals surface area contributed by atoms with E-state index in [9.17, 15) is 24.0 Å². The van der Waals surface area contributed by atoms with Crippen LogP contribution < -0.4 is 16.4 Å². The normalized spacial score (nSPS) is 18.1. The maximum absolute atomic E-state index is 13.4. The Balaban J connectivity index is 2.17. The number of nitrogens with zero attached hydrogens (tertiary/aromatic N) is 1. The van der Waals surface area contributed by atoms with E-state index in [1.165, 1.54) is 11.8 Å². The largest absolute Gasteiger partial charge is 0.481 e. The molecule has 0 aliphatic carbocycles. The molecule has 0 bridgehead atoms. The van der Waals surface area contributed by atoms with E-state index in [1.54, 1.807) is 24.3 Å². The first kappa shape index (κ1) is 25.8. The molecule has 4 atom stereocenters. The van der Waals surface area contributed by atoms with E-state index in [0.29, 0.717) is 12.8 Å². The molecular formula is C22H30N4O7. The fourth-order valence-electron chi connectivity index (χ4n) is 3.61. The van der Waals surface area contributed by atoms with Crippen LogP contribution in [-0.4, -0.2) is 75.5 Å². The van der Waals surface area contributed by atoms with Crippen LogP contribution in [0, 0.1) is 0 Å². The minimum atomic E-state index is -1.19. The zero-order valence-electron chi connectivity index (χ0n) is 18.4. The van der Waals surface area contributed by atoms with E-state index in [0.717, 1.165) is 5.56 Å². The van der Waals surface area contributed by atoms with E-state index in [1.807, 2.05) is 6.07 Å². The Kier molecular flexibility index (Phi) is 9.34. The molecule has 11 nitrogen and oxygen atoms in total. The van der Waals surface area contributed by atoms with Crippen molar-refractivity contribution in [2.24, 2.45) is 5.73 Å². The van der Waals surface area contributed by atoms with Crippen LogP contribution >= 0.6 is 0 Å². The SMILES string of the molecule is CC(NC(=O)C1CCCN1C(=O)C(Cc1ccccc1)NC(=O)C(N)CCC(=O)O)C(=O)O. The van der Waals surface area contributed by atoms with E-state index >= 15 is 0 Å². The van der Waals surface area contributed by atoms with E-state index < -0.39 is 53.8 Å². The summed E-state index contributed by atoms with van der Waals surface area (Å²) in [5, 5.41) is 22.8. The monoisotopic (exact) mass is 462 g/mol. The Morgan fingerprint density at radius 3 is 2.39 bits per heavy atom. The Bertz CT molecular complexity index is 877. The number of carboxylic acids is 2. The Morgan fingerprint density at radius 1 is 1.12 bits per heavy atom. The van der Waals surface area contributed by atoms with E-state index in [4.69, 9.17) is 15.9 Å². The number of rotatable bonds is 11. The maximum Gasteiger partial charge on any atom is 0.325 e. The van der Waals surface area contributed by atoms with Gasteiger partial charge in [0.1, 0.15) is 18.1 Å². The lowest BCUT2D eigenvalue weighted by molar-refractivity contribution is -0.144. The zero-order valence-corrected chi connectivity index (χ0v) is 18.4. The summed E-state index contributed by atoms with van der Waals surface area (Å²) in [5.41, 5.74) is 6.57. The average molecular weight is 463 g/mol. The molecule has 33 heavy (non-hydrogen) atoms. The summed E-state index contributed by atoms with van der Waals surface area (Å²) >= 11 is 0. The molecule has 2 rings (SSSR count). The van der Waals surface area contributed by atoms with Crippen LogP contribution in [0.1, 0.15) is 38.2 Å². The molecule has 1 aliphatic rings. The zero-order chi connectivity index (χ0) is 24.5. The van der Waals surface area contributed by atoms with Crippen LogP contribution in [0.3, 0.4) is 0 Å². The van der Waals surface area contributed by atoms with Gasteiger partial charge in [0.2, 0.25) is 17.7 Å². The van der Waals surface area contributed by atoms with Gasteiger partial charge in [0.25, 0.3) is 0 Å². The first-order chi connectivity index (χ1) is 15.6. The first-order valence-electron chi connectivity index (χ1n) is 10.8.